The fraction of sp³-hybridized carbons (Fsp3) is 0.400. The van der Waals surface area contributed by atoms with Gasteiger partial charge in [-0.15, -0.1) is 0 Å². The van der Waals surface area contributed by atoms with Gasteiger partial charge in [-0.2, -0.15) is 0 Å². The Balaban J connectivity index is 1.92. The van der Waals surface area contributed by atoms with E-state index in [4.69, 9.17) is 9.47 Å². The third-order valence-electron chi connectivity index (χ3n) is 4.87. The molecule has 0 aliphatic carbocycles. The van der Waals surface area contributed by atoms with Crippen LogP contribution in [0.1, 0.15) is 41.7 Å². The average Bonchev–Trinajstić information content (AvgIpc) is 2.91. The van der Waals surface area contributed by atoms with Crippen LogP contribution in [0, 0.1) is 20.8 Å². The van der Waals surface area contributed by atoms with Crippen molar-refractivity contribution in [2.75, 3.05) is 6.79 Å². The molecule has 0 saturated heterocycles. The molecule has 0 amide bonds. The van der Waals surface area contributed by atoms with Crippen LogP contribution in [0.4, 0.5) is 0 Å². The number of hydrogen-bond acceptors (Lipinski definition) is 2. The SMILES string of the molecule is Cc1ccc(C(C)(C)Cc2ccc3c(c2)OCO3)c(C)c1C. The van der Waals surface area contributed by atoms with Gasteiger partial charge >= 0.3 is 0 Å². The highest BCUT2D eigenvalue weighted by Gasteiger charge is 2.25. The quantitative estimate of drug-likeness (QED) is 0.805. The Hall–Kier alpha value is -1.96. The molecule has 2 aromatic rings. The van der Waals surface area contributed by atoms with Gasteiger partial charge in [0.25, 0.3) is 0 Å². The summed E-state index contributed by atoms with van der Waals surface area (Å²) in [6.45, 7) is 11.6. The highest BCUT2D eigenvalue weighted by Crippen LogP contribution is 2.36. The molecular formula is C20H24O2. The fourth-order valence-electron chi connectivity index (χ4n) is 3.35. The Kier molecular flexibility index (Phi) is 3.64. The van der Waals surface area contributed by atoms with Crippen molar-refractivity contribution in [3.05, 3.63) is 58.1 Å². The number of benzene rings is 2. The maximum atomic E-state index is 5.50. The molecule has 2 aromatic carbocycles. The number of rotatable bonds is 3. The molecule has 0 atom stereocenters. The molecular weight excluding hydrogens is 272 g/mol. The lowest BCUT2D eigenvalue weighted by Gasteiger charge is -2.29. The highest BCUT2D eigenvalue weighted by atomic mass is 16.7. The molecule has 0 saturated carbocycles. The second-order valence-electron chi connectivity index (χ2n) is 6.93. The fourth-order valence-corrected chi connectivity index (χ4v) is 3.35. The zero-order chi connectivity index (χ0) is 15.9. The van der Waals surface area contributed by atoms with Gasteiger partial charge in [-0.3, -0.25) is 0 Å². The molecule has 22 heavy (non-hydrogen) atoms. The first kappa shape index (κ1) is 15.0. The van der Waals surface area contributed by atoms with E-state index in [2.05, 4.69) is 58.9 Å². The van der Waals surface area contributed by atoms with E-state index in [0.29, 0.717) is 6.79 Å². The van der Waals surface area contributed by atoms with Crippen LogP contribution in [-0.2, 0) is 11.8 Å². The van der Waals surface area contributed by atoms with Crippen LogP contribution in [0.5, 0.6) is 11.5 Å². The van der Waals surface area contributed by atoms with Gasteiger partial charge in [0, 0.05) is 0 Å². The molecule has 0 bridgehead atoms. The first-order valence-corrected chi connectivity index (χ1v) is 7.84. The van der Waals surface area contributed by atoms with E-state index in [9.17, 15) is 0 Å². The molecule has 116 valence electrons. The summed E-state index contributed by atoms with van der Waals surface area (Å²) in [6.07, 6.45) is 0.979. The summed E-state index contributed by atoms with van der Waals surface area (Å²) in [7, 11) is 0. The van der Waals surface area contributed by atoms with Crippen LogP contribution in [-0.4, -0.2) is 6.79 Å². The lowest BCUT2D eigenvalue weighted by atomic mass is 9.76. The van der Waals surface area contributed by atoms with Crippen molar-refractivity contribution in [2.24, 2.45) is 0 Å². The lowest BCUT2D eigenvalue weighted by molar-refractivity contribution is 0.174. The Morgan fingerprint density at radius 2 is 1.64 bits per heavy atom. The second kappa shape index (κ2) is 5.35. The van der Waals surface area contributed by atoms with Crippen molar-refractivity contribution < 1.29 is 9.47 Å². The Labute approximate surface area is 133 Å². The van der Waals surface area contributed by atoms with Crippen molar-refractivity contribution in [3.8, 4) is 11.5 Å². The van der Waals surface area contributed by atoms with Crippen LogP contribution in [0.3, 0.4) is 0 Å². The predicted octanol–water partition coefficient (Wildman–Crippen LogP) is 4.86. The minimum atomic E-state index is 0.0796. The van der Waals surface area contributed by atoms with E-state index in [1.165, 1.54) is 27.8 Å². The number of hydrogen-bond donors (Lipinski definition) is 0. The molecule has 0 spiro atoms. The molecule has 1 aliphatic rings. The minimum Gasteiger partial charge on any atom is -0.454 e. The van der Waals surface area contributed by atoms with Gasteiger partial charge in [0.15, 0.2) is 11.5 Å². The summed E-state index contributed by atoms with van der Waals surface area (Å²) in [5, 5.41) is 0. The molecule has 1 heterocycles. The standard InChI is InChI=1S/C20H24O2/c1-13-6-8-17(15(3)14(13)2)20(4,5)11-16-7-9-18-19(10-16)22-12-21-18/h6-10H,11-12H2,1-5H3. The smallest absolute Gasteiger partial charge is 0.231 e. The maximum Gasteiger partial charge on any atom is 0.231 e. The molecule has 0 unspecified atom stereocenters. The average molecular weight is 296 g/mol. The van der Waals surface area contributed by atoms with Gasteiger partial charge < -0.3 is 9.47 Å². The third kappa shape index (κ3) is 2.58. The summed E-state index contributed by atoms with van der Waals surface area (Å²) in [5.74, 6) is 1.72. The maximum absolute atomic E-state index is 5.50. The zero-order valence-corrected chi connectivity index (χ0v) is 14.1. The van der Waals surface area contributed by atoms with Gasteiger partial charge in [0.1, 0.15) is 0 Å². The van der Waals surface area contributed by atoms with Crippen molar-refractivity contribution in [3.63, 3.8) is 0 Å². The monoisotopic (exact) mass is 296 g/mol. The molecule has 2 heteroatoms. The Bertz CT molecular complexity index is 714. The van der Waals surface area contributed by atoms with Crippen LogP contribution in [0.25, 0.3) is 0 Å². The van der Waals surface area contributed by atoms with Crippen LogP contribution in [0.2, 0.25) is 0 Å². The van der Waals surface area contributed by atoms with Gasteiger partial charge in [-0.25, -0.2) is 0 Å². The molecule has 0 aromatic heterocycles. The van der Waals surface area contributed by atoms with Crippen molar-refractivity contribution in [2.45, 2.75) is 46.5 Å². The van der Waals surface area contributed by atoms with Gasteiger partial charge in [-0.05, 0) is 72.6 Å². The first-order chi connectivity index (χ1) is 10.4. The van der Waals surface area contributed by atoms with Gasteiger partial charge in [0.05, 0.1) is 0 Å². The van der Waals surface area contributed by atoms with Crippen LogP contribution in [0.15, 0.2) is 30.3 Å². The normalized spacial score (nSPS) is 13.5. The minimum absolute atomic E-state index is 0.0796. The molecule has 3 rings (SSSR count). The number of fused-ring (bicyclic) bond motifs is 1. The predicted molar refractivity (Wildman–Crippen MR) is 89.9 cm³/mol. The largest absolute Gasteiger partial charge is 0.454 e. The molecule has 0 fully saturated rings. The highest BCUT2D eigenvalue weighted by molar-refractivity contribution is 5.47. The van der Waals surface area contributed by atoms with E-state index in [0.717, 1.165) is 17.9 Å². The van der Waals surface area contributed by atoms with E-state index in [-0.39, 0.29) is 5.41 Å². The Morgan fingerprint density at radius 3 is 2.41 bits per heavy atom. The number of aryl methyl sites for hydroxylation is 1. The van der Waals surface area contributed by atoms with Crippen molar-refractivity contribution >= 4 is 0 Å². The first-order valence-electron chi connectivity index (χ1n) is 7.84. The summed E-state index contributed by atoms with van der Waals surface area (Å²) >= 11 is 0. The summed E-state index contributed by atoms with van der Waals surface area (Å²) < 4.78 is 10.9. The zero-order valence-electron chi connectivity index (χ0n) is 14.1. The second-order valence-corrected chi connectivity index (χ2v) is 6.93. The van der Waals surface area contributed by atoms with Crippen molar-refractivity contribution in [1.82, 2.24) is 0 Å². The van der Waals surface area contributed by atoms with Crippen LogP contribution < -0.4 is 9.47 Å². The molecule has 2 nitrogen and oxygen atoms in total. The van der Waals surface area contributed by atoms with E-state index < -0.39 is 0 Å². The molecule has 0 N–H and O–H groups in total. The van der Waals surface area contributed by atoms with Crippen LogP contribution >= 0.6 is 0 Å². The molecule has 0 radical (unpaired) electrons. The van der Waals surface area contributed by atoms with Gasteiger partial charge in [0.2, 0.25) is 6.79 Å². The summed E-state index contributed by atoms with van der Waals surface area (Å²) in [5.41, 5.74) is 6.96. The van der Waals surface area contributed by atoms with Crippen molar-refractivity contribution in [1.29, 1.82) is 0 Å². The van der Waals surface area contributed by atoms with E-state index >= 15 is 0 Å². The molecule has 1 aliphatic heterocycles. The third-order valence-corrected chi connectivity index (χ3v) is 4.87. The van der Waals surface area contributed by atoms with E-state index in [1.54, 1.807) is 0 Å². The number of ether oxygens (including phenoxy) is 2. The van der Waals surface area contributed by atoms with Gasteiger partial charge in [-0.1, -0.05) is 32.0 Å². The topological polar surface area (TPSA) is 18.5 Å². The summed E-state index contributed by atoms with van der Waals surface area (Å²) in [6, 6.07) is 10.8. The Morgan fingerprint density at radius 1 is 0.909 bits per heavy atom. The van der Waals surface area contributed by atoms with E-state index in [1.807, 2.05) is 6.07 Å². The lowest BCUT2D eigenvalue weighted by Crippen LogP contribution is -2.22. The summed E-state index contributed by atoms with van der Waals surface area (Å²) in [4.78, 5) is 0.